The Kier molecular flexibility index (Phi) is 1.99. The SMILES string of the molecule is CC(C)C1CCc2nc(Br)cn21. The van der Waals surface area contributed by atoms with E-state index in [1.807, 2.05) is 0 Å². The summed E-state index contributed by atoms with van der Waals surface area (Å²) in [5.74, 6) is 1.95. The van der Waals surface area contributed by atoms with Crippen molar-refractivity contribution in [2.75, 3.05) is 0 Å². The molecule has 0 aromatic carbocycles. The molecule has 1 aliphatic rings. The zero-order valence-corrected chi connectivity index (χ0v) is 9.00. The van der Waals surface area contributed by atoms with E-state index >= 15 is 0 Å². The quantitative estimate of drug-likeness (QED) is 0.723. The molecule has 1 aliphatic heterocycles. The molecule has 0 radical (unpaired) electrons. The first-order valence-corrected chi connectivity index (χ1v) is 5.21. The number of hydrogen-bond acceptors (Lipinski definition) is 1. The van der Waals surface area contributed by atoms with Gasteiger partial charge in [0.15, 0.2) is 0 Å². The van der Waals surface area contributed by atoms with Crippen molar-refractivity contribution in [2.45, 2.75) is 32.7 Å². The summed E-state index contributed by atoms with van der Waals surface area (Å²) in [6, 6.07) is 0.666. The van der Waals surface area contributed by atoms with Gasteiger partial charge in [-0.15, -0.1) is 0 Å². The molecule has 1 atom stereocenters. The summed E-state index contributed by atoms with van der Waals surface area (Å²) >= 11 is 3.40. The van der Waals surface area contributed by atoms with Gasteiger partial charge in [0.2, 0.25) is 0 Å². The fourth-order valence-corrected chi connectivity index (χ4v) is 2.37. The van der Waals surface area contributed by atoms with E-state index in [0.717, 1.165) is 11.0 Å². The third-order valence-corrected chi connectivity index (χ3v) is 2.95. The van der Waals surface area contributed by atoms with Crippen LogP contribution in [-0.4, -0.2) is 9.55 Å². The number of halogens is 1. The van der Waals surface area contributed by atoms with Crippen LogP contribution in [0, 0.1) is 5.92 Å². The van der Waals surface area contributed by atoms with Crippen molar-refractivity contribution in [1.29, 1.82) is 0 Å². The van der Waals surface area contributed by atoms with E-state index in [4.69, 9.17) is 0 Å². The van der Waals surface area contributed by atoms with E-state index in [0.29, 0.717) is 12.0 Å². The molecule has 0 fully saturated rings. The van der Waals surface area contributed by atoms with Crippen molar-refractivity contribution in [3.8, 4) is 0 Å². The summed E-state index contributed by atoms with van der Waals surface area (Å²) in [5.41, 5.74) is 0. The number of imidazole rings is 1. The van der Waals surface area contributed by atoms with Gasteiger partial charge in [-0.3, -0.25) is 0 Å². The van der Waals surface area contributed by atoms with Gasteiger partial charge in [-0.1, -0.05) is 13.8 Å². The molecule has 2 heterocycles. The van der Waals surface area contributed by atoms with Crippen LogP contribution in [-0.2, 0) is 6.42 Å². The molecule has 1 aromatic rings. The number of rotatable bonds is 1. The Hall–Kier alpha value is -0.310. The second-order valence-corrected chi connectivity index (χ2v) is 4.55. The van der Waals surface area contributed by atoms with Gasteiger partial charge in [0.1, 0.15) is 10.4 Å². The number of hydrogen-bond donors (Lipinski definition) is 0. The molecule has 1 unspecified atom stereocenters. The molecule has 0 saturated heterocycles. The molecular formula is C9H13BrN2. The predicted octanol–water partition coefficient (Wildman–Crippen LogP) is 2.79. The Balaban J connectivity index is 2.34. The van der Waals surface area contributed by atoms with Crippen molar-refractivity contribution < 1.29 is 0 Å². The molecule has 66 valence electrons. The summed E-state index contributed by atoms with van der Waals surface area (Å²) < 4.78 is 3.29. The van der Waals surface area contributed by atoms with Crippen molar-refractivity contribution in [1.82, 2.24) is 9.55 Å². The number of nitrogens with zero attached hydrogens (tertiary/aromatic N) is 2. The Labute approximate surface area is 81.1 Å². The van der Waals surface area contributed by atoms with Crippen LogP contribution in [0.3, 0.4) is 0 Å². The van der Waals surface area contributed by atoms with E-state index < -0.39 is 0 Å². The van der Waals surface area contributed by atoms with Crippen molar-refractivity contribution >= 4 is 15.9 Å². The maximum Gasteiger partial charge on any atom is 0.124 e. The second kappa shape index (κ2) is 2.87. The third-order valence-electron chi connectivity index (χ3n) is 2.57. The van der Waals surface area contributed by atoms with E-state index in [9.17, 15) is 0 Å². The van der Waals surface area contributed by atoms with E-state index in [1.165, 1.54) is 12.2 Å². The molecular weight excluding hydrogens is 216 g/mol. The molecule has 3 heteroatoms. The highest BCUT2D eigenvalue weighted by Gasteiger charge is 2.25. The zero-order chi connectivity index (χ0) is 8.72. The smallest absolute Gasteiger partial charge is 0.124 e. The molecule has 0 aliphatic carbocycles. The van der Waals surface area contributed by atoms with Crippen LogP contribution in [0.2, 0.25) is 0 Å². The fourth-order valence-electron chi connectivity index (χ4n) is 1.94. The highest BCUT2D eigenvalue weighted by molar-refractivity contribution is 9.10. The molecule has 2 nitrogen and oxygen atoms in total. The van der Waals surface area contributed by atoms with Crippen LogP contribution in [0.25, 0.3) is 0 Å². The van der Waals surface area contributed by atoms with Crippen molar-refractivity contribution in [3.63, 3.8) is 0 Å². The highest BCUT2D eigenvalue weighted by atomic mass is 79.9. The minimum Gasteiger partial charge on any atom is -0.330 e. The number of fused-ring (bicyclic) bond motifs is 1. The molecule has 0 spiro atoms. The lowest BCUT2D eigenvalue weighted by atomic mass is 10.0. The molecule has 2 rings (SSSR count). The Morgan fingerprint density at radius 3 is 3.08 bits per heavy atom. The van der Waals surface area contributed by atoms with E-state index in [1.54, 1.807) is 0 Å². The van der Waals surface area contributed by atoms with Gasteiger partial charge < -0.3 is 4.57 Å². The van der Waals surface area contributed by atoms with Gasteiger partial charge in [-0.25, -0.2) is 4.98 Å². The second-order valence-electron chi connectivity index (χ2n) is 3.74. The predicted molar refractivity (Wildman–Crippen MR) is 52.1 cm³/mol. The average molecular weight is 229 g/mol. The maximum atomic E-state index is 4.40. The van der Waals surface area contributed by atoms with Crippen molar-refractivity contribution in [3.05, 3.63) is 16.6 Å². The average Bonchev–Trinajstić information content (AvgIpc) is 2.43. The first kappa shape index (κ1) is 8.30. The molecule has 0 bridgehead atoms. The Morgan fingerprint density at radius 2 is 2.42 bits per heavy atom. The van der Waals surface area contributed by atoms with E-state index in [-0.39, 0.29) is 0 Å². The minimum atomic E-state index is 0.666. The van der Waals surface area contributed by atoms with E-state index in [2.05, 4.69) is 45.5 Å². The summed E-state index contributed by atoms with van der Waals surface area (Å²) in [4.78, 5) is 4.40. The van der Waals surface area contributed by atoms with Gasteiger partial charge in [-0.05, 0) is 28.3 Å². The Bertz CT molecular complexity index is 291. The first-order valence-electron chi connectivity index (χ1n) is 4.41. The van der Waals surface area contributed by atoms with Gasteiger partial charge in [-0.2, -0.15) is 0 Å². The molecule has 0 amide bonds. The van der Waals surface area contributed by atoms with Gasteiger partial charge in [0, 0.05) is 18.7 Å². The zero-order valence-electron chi connectivity index (χ0n) is 7.42. The topological polar surface area (TPSA) is 17.8 Å². The van der Waals surface area contributed by atoms with Crippen molar-refractivity contribution in [2.24, 2.45) is 5.92 Å². The first-order chi connectivity index (χ1) is 5.68. The number of aromatic nitrogens is 2. The summed E-state index contributed by atoms with van der Waals surface area (Å²) in [5, 5.41) is 0. The lowest BCUT2D eigenvalue weighted by Gasteiger charge is -2.16. The monoisotopic (exact) mass is 228 g/mol. The highest BCUT2D eigenvalue weighted by Crippen LogP contribution is 2.32. The minimum absolute atomic E-state index is 0.666. The standard InChI is InChI=1S/C9H13BrN2/c1-6(2)7-3-4-9-11-8(10)5-12(7)9/h5-7H,3-4H2,1-2H3. The Morgan fingerprint density at radius 1 is 1.67 bits per heavy atom. The normalized spacial score (nSPS) is 21.8. The largest absolute Gasteiger partial charge is 0.330 e. The molecule has 0 saturated carbocycles. The van der Waals surface area contributed by atoms with Crippen LogP contribution in [0.1, 0.15) is 32.1 Å². The van der Waals surface area contributed by atoms with Crippen LogP contribution < -0.4 is 0 Å². The molecule has 12 heavy (non-hydrogen) atoms. The van der Waals surface area contributed by atoms with Gasteiger partial charge >= 0.3 is 0 Å². The van der Waals surface area contributed by atoms with Gasteiger partial charge in [0.25, 0.3) is 0 Å². The molecule has 1 aromatic heterocycles. The lowest BCUT2D eigenvalue weighted by molar-refractivity contribution is 0.392. The summed E-state index contributed by atoms with van der Waals surface area (Å²) in [6.45, 7) is 4.54. The van der Waals surface area contributed by atoms with Gasteiger partial charge in [0.05, 0.1) is 0 Å². The summed E-state index contributed by atoms with van der Waals surface area (Å²) in [7, 11) is 0. The van der Waals surface area contributed by atoms with Crippen LogP contribution in [0.5, 0.6) is 0 Å². The van der Waals surface area contributed by atoms with Crippen LogP contribution in [0.15, 0.2) is 10.8 Å². The number of aryl methyl sites for hydroxylation is 1. The van der Waals surface area contributed by atoms with Crippen LogP contribution >= 0.6 is 15.9 Å². The molecule has 0 N–H and O–H groups in total. The summed E-state index contributed by atoms with van der Waals surface area (Å²) in [6.07, 6.45) is 4.49. The lowest BCUT2D eigenvalue weighted by Crippen LogP contribution is -2.09. The fraction of sp³-hybridized carbons (Fsp3) is 0.667. The third kappa shape index (κ3) is 1.20. The maximum absolute atomic E-state index is 4.40. The van der Waals surface area contributed by atoms with Crippen LogP contribution in [0.4, 0.5) is 0 Å².